The van der Waals surface area contributed by atoms with E-state index in [-0.39, 0.29) is 73.7 Å². The van der Waals surface area contributed by atoms with Crippen molar-refractivity contribution in [1.29, 1.82) is 0 Å². The quantitative estimate of drug-likeness (QED) is 0.0727. The second-order valence-electron chi connectivity index (χ2n) is 21.9. The normalized spacial score (nSPS) is 11.9. The highest BCUT2D eigenvalue weighted by Crippen LogP contribution is 2.29. The molecule has 0 bridgehead atoms. The van der Waals surface area contributed by atoms with Crippen LogP contribution in [0.3, 0.4) is 0 Å². The molecule has 0 aliphatic heterocycles. The van der Waals surface area contributed by atoms with Crippen LogP contribution in [0.4, 0.5) is 4.79 Å². The van der Waals surface area contributed by atoms with Gasteiger partial charge in [-0.05, 0) is 126 Å². The van der Waals surface area contributed by atoms with Crippen molar-refractivity contribution >= 4 is 74.7 Å². The van der Waals surface area contributed by atoms with Gasteiger partial charge >= 0.3 is 6.09 Å². The summed E-state index contributed by atoms with van der Waals surface area (Å²) in [4.78, 5) is 112. The zero-order valence-corrected chi connectivity index (χ0v) is 50.9. The molecular weight excluding hydrogens is 1120 g/mol. The summed E-state index contributed by atoms with van der Waals surface area (Å²) in [6.45, 7) is 10.2. The lowest BCUT2D eigenvalue weighted by atomic mass is 10.1. The molecule has 85 heavy (non-hydrogen) atoms. The number of ether oxygens (including phenoxy) is 1. The van der Waals surface area contributed by atoms with Crippen molar-refractivity contribution in [3.63, 3.8) is 0 Å². The average molecular weight is 1190 g/mol. The Bertz CT molecular complexity index is 3800. The number of hydrogen-bond donors (Lipinski definition) is 2. The largest absolute Gasteiger partial charge is 0.444 e. The number of nitrogens with two attached hydrogens (primary N) is 1. The van der Waals surface area contributed by atoms with Crippen LogP contribution in [0.25, 0.3) is 21.8 Å². The Hall–Kier alpha value is -8.71. The number of fused-ring (bicyclic) bond motifs is 2. The van der Waals surface area contributed by atoms with Gasteiger partial charge in [0.25, 0.3) is 34.7 Å². The number of rotatable bonds is 19. The first-order valence-electron chi connectivity index (χ1n) is 27.8. The predicted molar refractivity (Wildman–Crippen MR) is 333 cm³/mol. The van der Waals surface area contributed by atoms with Crippen molar-refractivity contribution < 1.29 is 28.7 Å². The second kappa shape index (κ2) is 28.7. The molecule has 0 aliphatic carbocycles. The Morgan fingerprint density at radius 2 is 0.965 bits per heavy atom. The molecule has 20 heteroatoms. The number of hydrogen-bond acceptors (Lipinski definition) is 11. The van der Waals surface area contributed by atoms with Crippen molar-refractivity contribution in [3.05, 3.63) is 221 Å². The molecule has 0 saturated carbocycles. The molecule has 5 amide bonds. The molecule has 2 heterocycles. The number of carbonyl (C=O) groups is 5. The van der Waals surface area contributed by atoms with Crippen LogP contribution in [-0.4, -0.2) is 128 Å². The van der Waals surface area contributed by atoms with Gasteiger partial charge in [0.05, 0.1) is 34.9 Å². The summed E-state index contributed by atoms with van der Waals surface area (Å²) >= 11 is 12.6. The van der Waals surface area contributed by atoms with E-state index < -0.39 is 35.6 Å². The van der Waals surface area contributed by atoms with Gasteiger partial charge in [0.15, 0.2) is 12.1 Å². The highest BCUT2D eigenvalue weighted by Gasteiger charge is 2.39. The molecule has 3 N–H and O–H groups in total. The maximum absolute atomic E-state index is 14.3. The van der Waals surface area contributed by atoms with Gasteiger partial charge < -0.3 is 35.4 Å². The molecule has 0 spiro atoms. The molecule has 0 saturated heterocycles. The van der Waals surface area contributed by atoms with E-state index in [0.717, 1.165) is 22.3 Å². The van der Waals surface area contributed by atoms with E-state index >= 15 is 0 Å². The van der Waals surface area contributed by atoms with Crippen molar-refractivity contribution in [2.24, 2.45) is 5.73 Å². The van der Waals surface area contributed by atoms with Crippen LogP contribution in [0.1, 0.15) is 100 Å². The number of benzene rings is 6. The van der Waals surface area contributed by atoms with Crippen molar-refractivity contribution in [1.82, 2.24) is 44.0 Å². The zero-order chi connectivity index (χ0) is 61.7. The van der Waals surface area contributed by atoms with Crippen molar-refractivity contribution in [2.75, 3.05) is 54.4 Å². The number of carbonyl (C=O) groups excluding carboxylic acids is 5. The van der Waals surface area contributed by atoms with E-state index in [1.807, 2.05) is 98.8 Å². The molecule has 0 fully saturated rings. The molecular formula is C65H72Cl2N10O8. The van der Waals surface area contributed by atoms with Crippen LogP contribution in [-0.2, 0) is 27.4 Å². The second-order valence-corrected chi connectivity index (χ2v) is 22.8. The van der Waals surface area contributed by atoms with E-state index in [4.69, 9.17) is 43.6 Å². The number of aryl methyl sites for hydroxylation is 2. The van der Waals surface area contributed by atoms with Gasteiger partial charge in [-0.25, -0.2) is 14.8 Å². The molecule has 2 unspecified atom stereocenters. The highest BCUT2D eigenvalue weighted by atomic mass is 35.5. The van der Waals surface area contributed by atoms with Gasteiger partial charge in [0.2, 0.25) is 0 Å². The Morgan fingerprint density at radius 3 is 1.33 bits per heavy atom. The molecule has 0 aliphatic rings. The Kier molecular flexibility index (Phi) is 21.6. The highest BCUT2D eigenvalue weighted by molar-refractivity contribution is 6.31. The third-order valence-electron chi connectivity index (χ3n) is 13.7. The fourth-order valence-corrected chi connectivity index (χ4v) is 9.70. The van der Waals surface area contributed by atoms with E-state index in [0.29, 0.717) is 55.9 Å². The average Bonchev–Trinajstić information content (AvgIpc) is 1.96. The molecule has 6 aromatic carbocycles. The van der Waals surface area contributed by atoms with E-state index in [1.54, 1.807) is 110 Å². The summed E-state index contributed by atoms with van der Waals surface area (Å²) in [7, 11) is 6.41. The van der Waals surface area contributed by atoms with Gasteiger partial charge in [-0.2, -0.15) is 0 Å². The Balaban J connectivity index is 0.000000247. The van der Waals surface area contributed by atoms with Crippen LogP contribution in [0.2, 0.25) is 10.0 Å². The van der Waals surface area contributed by atoms with Crippen LogP contribution >= 0.6 is 23.2 Å². The molecule has 2 atom stereocenters. The first-order valence-corrected chi connectivity index (χ1v) is 28.5. The topological polar surface area (TPSA) is 215 Å². The van der Waals surface area contributed by atoms with E-state index in [2.05, 4.69) is 5.32 Å². The molecule has 2 aromatic heterocycles. The minimum atomic E-state index is -1.29. The maximum Gasteiger partial charge on any atom is 0.407 e. The van der Waals surface area contributed by atoms with Gasteiger partial charge in [0, 0.05) is 69.0 Å². The third-order valence-corrected chi connectivity index (χ3v) is 14.2. The smallest absolute Gasteiger partial charge is 0.407 e. The summed E-state index contributed by atoms with van der Waals surface area (Å²) in [6, 6.07) is 40.2. The molecule has 18 nitrogen and oxygen atoms in total. The van der Waals surface area contributed by atoms with Gasteiger partial charge in [-0.3, -0.25) is 37.9 Å². The number of likely N-dealkylation sites (N-methyl/N-ethyl adjacent to an activating group) is 2. The van der Waals surface area contributed by atoms with Gasteiger partial charge in [-0.1, -0.05) is 119 Å². The number of amides is 5. The monoisotopic (exact) mass is 1190 g/mol. The van der Waals surface area contributed by atoms with Gasteiger partial charge in [0.1, 0.15) is 17.2 Å². The van der Waals surface area contributed by atoms with Gasteiger partial charge in [-0.15, -0.1) is 0 Å². The molecule has 444 valence electrons. The fourth-order valence-electron chi connectivity index (χ4n) is 9.37. The third kappa shape index (κ3) is 16.3. The number of nitrogens with zero attached hydrogens (tertiary/aromatic N) is 8. The van der Waals surface area contributed by atoms with E-state index in [1.165, 1.54) is 28.7 Å². The lowest BCUT2D eigenvalue weighted by Crippen LogP contribution is -2.47. The van der Waals surface area contributed by atoms with Crippen molar-refractivity contribution in [2.45, 2.75) is 78.2 Å². The zero-order valence-electron chi connectivity index (χ0n) is 49.3. The van der Waals surface area contributed by atoms with Crippen LogP contribution in [0.15, 0.2) is 155 Å². The first-order chi connectivity index (χ1) is 40.5. The van der Waals surface area contributed by atoms with Crippen LogP contribution in [0, 0.1) is 13.8 Å². The summed E-state index contributed by atoms with van der Waals surface area (Å²) in [6.07, 6.45) is 0.155. The SMILES string of the molecule is Cc1ccc(C(=O)N(CCCN)C(C(=O)N(C)C)c2nc3cc(Cl)ccc3c(=O)n2Cc2ccccc2)cc1.Cc1ccc(C(=O)N(CCCNC(=O)OC(C)(C)C)C(C(=O)N(C)C)c2nc3cc(Cl)ccc3c(=O)n2Cc2ccccc2)cc1. The minimum absolute atomic E-state index is 0.0571. The number of halogens is 2. The number of nitrogens with one attached hydrogen (secondary N) is 1. The summed E-state index contributed by atoms with van der Waals surface area (Å²) in [5, 5.41) is 4.20. The number of aromatic nitrogens is 4. The molecule has 8 aromatic rings. The summed E-state index contributed by atoms with van der Waals surface area (Å²) in [5.74, 6) is -1.35. The summed E-state index contributed by atoms with van der Waals surface area (Å²) < 4.78 is 8.28. The van der Waals surface area contributed by atoms with Crippen LogP contribution < -0.4 is 22.2 Å². The fraction of sp³-hybridized carbons (Fsp3) is 0.308. The van der Waals surface area contributed by atoms with Crippen molar-refractivity contribution in [3.8, 4) is 0 Å². The first kappa shape index (κ1) is 63.9. The standard InChI is InChI=1S/C35H40ClN5O5.C30H32ClN5O3/c1-23-13-15-25(16-14-23)31(42)40(20-10-19-37-34(45)46-35(2,3)4)29(33(44)39(5)6)30-38-28-21-26(36)17-18-27(28)32(43)41(30)22-24-11-8-7-9-12-24;1-20-10-12-22(13-11-20)28(37)35(17-7-16-32)26(30(39)34(2)3)27-33-25-18-23(31)14-15-24(25)29(38)36(27)19-21-8-5-4-6-9-21/h7-9,11-18,21,29H,10,19-20,22H2,1-6H3,(H,37,45);4-6,8-15,18,26H,7,16-17,19,32H2,1-3H3. The van der Waals surface area contributed by atoms with Crippen LogP contribution in [0.5, 0.6) is 0 Å². The maximum atomic E-state index is 14.3. The lowest BCUT2D eigenvalue weighted by Gasteiger charge is -2.33. The minimum Gasteiger partial charge on any atom is -0.444 e. The van der Waals surface area contributed by atoms with E-state index in [9.17, 15) is 33.6 Å². The Morgan fingerprint density at radius 1 is 0.576 bits per heavy atom. The molecule has 8 rings (SSSR count). The predicted octanol–water partition coefficient (Wildman–Crippen LogP) is 9.62. The number of alkyl carbamates (subject to hydrolysis) is 1. The lowest BCUT2D eigenvalue weighted by molar-refractivity contribution is -0.135. The molecule has 0 radical (unpaired) electrons. The summed E-state index contributed by atoms with van der Waals surface area (Å²) in [5.41, 5.74) is 9.56. The Labute approximate surface area is 504 Å².